The van der Waals surface area contributed by atoms with Crippen molar-refractivity contribution >= 4 is 23.4 Å². The van der Waals surface area contributed by atoms with Gasteiger partial charge in [0.1, 0.15) is 0 Å². The van der Waals surface area contributed by atoms with Gasteiger partial charge in [0.05, 0.1) is 5.69 Å². The van der Waals surface area contributed by atoms with Crippen molar-refractivity contribution in [1.82, 2.24) is 9.69 Å². The molecule has 0 atom stereocenters. The van der Waals surface area contributed by atoms with Gasteiger partial charge >= 0.3 is 6.98 Å². The first-order valence-electron chi connectivity index (χ1n) is 8.26. The Kier molecular flexibility index (Phi) is 2.95. The zero-order valence-corrected chi connectivity index (χ0v) is 13.2. The van der Waals surface area contributed by atoms with Gasteiger partial charge in [-0.25, -0.2) is 0 Å². The highest BCUT2D eigenvalue weighted by molar-refractivity contribution is 6.61. The van der Waals surface area contributed by atoms with E-state index in [1.54, 1.807) is 0 Å². The molecule has 0 aliphatic carbocycles. The van der Waals surface area contributed by atoms with Gasteiger partial charge in [-0.1, -0.05) is 66.2 Å². The summed E-state index contributed by atoms with van der Waals surface area (Å²) in [6, 6.07) is 25.7. The molecule has 3 nitrogen and oxygen atoms in total. The van der Waals surface area contributed by atoms with Gasteiger partial charge < -0.3 is 5.23 Å². The maximum absolute atomic E-state index is 4.55. The molecule has 24 heavy (non-hydrogen) atoms. The van der Waals surface area contributed by atoms with E-state index in [-0.39, 0.29) is 6.98 Å². The van der Waals surface area contributed by atoms with E-state index in [0.29, 0.717) is 0 Å². The highest BCUT2D eigenvalue weighted by atomic mass is 15.3. The molecule has 0 radical (unpaired) electrons. The van der Waals surface area contributed by atoms with Gasteiger partial charge in [0.2, 0.25) is 0 Å². The molecule has 0 amide bonds. The Labute approximate surface area is 141 Å². The minimum Gasteiger partial charge on any atom is -0.407 e. The van der Waals surface area contributed by atoms with Crippen LogP contribution < -0.4 is 5.23 Å². The number of para-hydroxylation sites is 1. The van der Waals surface area contributed by atoms with Gasteiger partial charge in [0.15, 0.2) is 0 Å². The summed E-state index contributed by atoms with van der Waals surface area (Å²) in [5.41, 5.74) is 4.88. The lowest BCUT2D eigenvalue weighted by Gasteiger charge is -2.26. The normalized spacial score (nSPS) is 12.6. The molecule has 5 rings (SSSR count). The van der Waals surface area contributed by atoms with E-state index in [1.165, 1.54) is 33.3 Å². The summed E-state index contributed by atoms with van der Waals surface area (Å²) in [5, 5.41) is 10.8. The predicted octanol–water partition coefficient (Wildman–Crippen LogP) is 4.25. The third-order valence-corrected chi connectivity index (χ3v) is 4.73. The molecule has 1 aliphatic heterocycles. The molecule has 4 heteroatoms. The Bertz CT molecular complexity index is 1040. The van der Waals surface area contributed by atoms with Crippen LogP contribution in [-0.2, 0) is 6.32 Å². The van der Waals surface area contributed by atoms with Gasteiger partial charge in [-0.05, 0) is 29.2 Å². The molecule has 0 fully saturated rings. The molecule has 114 valence electrons. The molecule has 0 unspecified atom stereocenters. The lowest BCUT2D eigenvalue weighted by molar-refractivity contribution is 0.940. The van der Waals surface area contributed by atoms with Crippen LogP contribution in [0, 0.1) is 0 Å². The fraction of sp³-hybridized carbons (Fsp3) is 0.0500. The maximum atomic E-state index is 4.55. The molecule has 1 N–H and O–H groups in total. The largest absolute Gasteiger partial charge is 0.407 e. The van der Waals surface area contributed by atoms with Crippen LogP contribution in [0.1, 0.15) is 5.56 Å². The lowest BCUT2D eigenvalue weighted by atomic mass is 9.67. The van der Waals surface area contributed by atoms with Crippen molar-refractivity contribution in [3.63, 3.8) is 0 Å². The average molecular weight is 309 g/mol. The van der Waals surface area contributed by atoms with E-state index in [4.69, 9.17) is 0 Å². The Hall–Kier alpha value is -3.01. The fourth-order valence-electron chi connectivity index (χ4n) is 3.58. The second kappa shape index (κ2) is 5.27. The first-order chi connectivity index (χ1) is 11.9. The van der Waals surface area contributed by atoms with Crippen molar-refractivity contribution in [2.45, 2.75) is 6.32 Å². The van der Waals surface area contributed by atoms with Crippen LogP contribution >= 0.6 is 0 Å². The molecule has 4 aromatic rings. The van der Waals surface area contributed by atoms with Crippen molar-refractivity contribution in [2.75, 3.05) is 5.23 Å². The summed E-state index contributed by atoms with van der Waals surface area (Å²) in [6.07, 6.45) is 2.78. The monoisotopic (exact) mass is 309 g/mol. The molecular formula is C20H16BN3. The molecule has 0 saturated heterocycles. The second-order valence-corrected chi connectivity index (χ2v) is 6.25. The number of rotatable bonds is 2. The molecule has 0 saturated carbocycles. The van der Waals surface area contributed by atoms with Gasteiger partial charge in [-0.3, -0.25) is 4.59 Å². The zero-order chi connectivity index (χ0) is 15.9. The number of nitrogens with one attached hydrogen (secondary N) is 1. The topological polar surface area (TPSA) is 29.9 Å². The van der Waals surface area contributed by atoms with Crippen molar-refractivity contribution in [3.05, 3.63) is 84.6 Å². The quantitative estimate of drug-likeness (QED) is 0.561. The standard InChI is InChI=1S/C20H16BN3/c1-2-6-17-13-15(9-10-16(17)5-1)14-21-23-19-8-4-3-7-18(19)20-11-12-22-24(20)21/h1-13,23H,14H2. The minimum absolute atomic E-state index is 0.131. The van der Waals surface area contributed by atoms with Crippen LogP contribution in [0.3, 0.4) is 0 Å². The highest BCUT2D eigenvalue weighted by Gasteiger charge is 2.28. The van der Waals surface area contributed by atoms with E-state index in [0.717, 1.165) is 6.32 Å². The number of benzene rings is 3. The molecule has 2 heterocycles. The highest BCUT2D eigenvalue weighted by Crippen LogP contribution is 2.32. The molecule has 3 aromatic carbocycles. The number of anilines is 1. The molecule has 0 spiro atoms. The van der Waals surface area contributed by atoms with Crippen LogP contribution in [0.25, 0.3) is 22.0 Å². The van der Waals surface area contributed by atoms with Crippen LogP contribution in [0.15, 0.2) is 79.0 Å². The Morgan fingerprint density at radius 3 is 2.67 bits per heavy atom. The lowest BCUT2D eigenvalue weighted by Crippen LogP contribution is -2.40. The first kappa shape index (κ1) is 13.4. The Morgan fingerprint density at radius 2 is 1.71 bits per heavy atom. The van der Waals surface area contributed by atoms with Crippen molar-refractivity contribution < 1.29 is 0 Å². The summed E-state index contributed by atoms with van der Waals surface area (Å²) >= 11 is 0. The Balaban J connectivity index is 1.53. The summed E-state index contributed by atoms with van der Waals surface area (Å²) < 4.78 is 2.09. The molecule has 0 bridgehead atoms. The number of hydrogen-bond acceptors (Lipinski definition) is 2. The first-order valence-corrected chi connectivity index (χ1v) is 8.26. The van der Waals surface area contributed by atoms with Gasteiger partial charge in [0, 0.05) is 17.4 Å². The SMILES string of the molecule is c1ccc2c(c1)NB(Cc1ccc3ccccc3c1)n1nccc1-2. The molecule has 1 aromatic heterocycles. The van der Waals surface area contributed by atoms with Crippen LogP contribution in [0.5, 0.6) is 0 Å². The fourth-order valence-corrected chi connectivity index (χ4v) is 3.58. The summed E-state index contributed by atoms with van der Waals surface area (Å²) in [5.74, 6) is 0. The maximum Gasteiger partial charge on any atom is 0.400 e. The van der Waals surface area contributed by atoms with Crippen molar-refractivity contribution in [3.8, 4) is 11.3 Å². The summed E-state index contributed by atoms with van der Waals surface area (Å²) in [6.45, 7) is 0.131. The van der Waals surface area contributed by atoms with E-state index in [1.807, 2.05) is 6.20 Å². The Morgan fingerprint density at radius 1 is 0.875 bits per heavy atom. The molecule has 1 aliphatic rings. The average Bonchev–Trinajstić information content (AvgIpc) is 3.12. The third kappa shape index (κ3) is 2.11. The zero-order valence-electron chi connectivity index (χ0n) is 13.2. The minimum atomic E-state index is 0.131. The van der Waals surface area contributed by atoms with E-state index in [2.05, 4.69) is 87.7 Å². The van der Waals surface area contributed by atoms with Gasteiger partial charge in [-0.2, -0.15) is 5.10 Å². The van der Waals surface area contributed by atoms with E-state index in [9.17, 15) is 0 Å². The number of nitrogens with zero attached hydrogens (tertiary/aromatic N) is 2. The van der Waals surface area contributed by atoms with Gasteiger partial charge in [-0.15, -0.1) is 0 Å². The number of hydrogen-bond donors (Lipinski definition) is 1. The number of aromatic nitrogens is 2. The van der Waals surface area contributed by atoms with E-state index >= 15 is 0 Å². The predicted molar refractivity (Wildman–Crippen MR) is 100 cm³/mol. The van der Waals surface area contributed by atoms with Crippen molar-refractivity contribution in [2.24, 2.45) is 0 Å². The van der Waals surface area contributed by atoms with Gasteiger partial charge in [0.25, 0.3) is 0 Å². The van der Waals surface area contributed by atoms with Crippen LogP contribution in [0.4, 0.5) is 5.69 Å². The second-order valence-electron chi connectivity index (χ2n) is 6.25. The number of fused-ring (bicyclic) bond motifs is 4. The van der Waals surface area contributed by atoms with Crippen LogP contribution in [-0.4, -0.2) is 16.7 Å². The van der Waals surface area contributed by atoms with E-state index < -0.39 is 0 Å². The van der Waals surface area contributed by atoms with Crippen LogP contribution in [0.2, 0.25) is 0 Å². The smallest absolute Gasteiger partial charge is 0.400 e. The summed E-state index contributed by atoms with van der Waals surface area (Å²) in [7, 11) is 0. The third-order valence-electron chi connectivity index (χ3n) is 4.73. The van der Waals surface area contributed by atoms with Crippen molar-refractivity contribution in [1.29, 1.82) is 0 Å². The summed E-state index contributed by atoms with van der Waals surface area (Å²) in [4.78, 5) is 0. The molecular weight excluding hydrogens is 293 g/mol.